The van der Waals surface area contributed by atoms with E-state index in [2.05, 4.69) is 73.3 Å². The van der Waals surface area contributed by atoms with Crippen molar-refractivity contribution in [1.82, 2.24) is 14.8 Å². The molecule has 1 aliphatic carbocycles. The van der Waals surface area contributed by atoms with Gasteiger partial charge in [-0.3, -0.25) is 4.79 Å². The van der Waals surface area contributed by atoms with Gasteiger partial charge in [0.15, 0.2) is 0 Å². The number of nitrogens with one attached hydrogen (secondary N) is 1. The first-order valence-electron chi connectivity index (χ1n) is 12.4. The molecule has 1 aromatic heterocycles. The maximum atomic E-state index is 12.3. The lowest BCUT2D eigenvalue weighted by molar-refractivity contribution is 0.176. The van der Waals surface area contributed by atoms with Crippen LogP contribution < -0.4 is 16.2 Å². The summed E-state index contributed by atoms with van der Waals surface area (Å²) in [4.78, 5) is 14.8. The van der Waals surface area contributed by atoms with Gasteiger partial charge in [0.25, 0.3) is 5.56 Å². The summed E-state index contributed by atoms with van der Waals surface area (Å²) in [5.74, 6) is 1.33. The molecular weight excluding hydrogens is 425 g/mol. The third-order valence-corrected chi connectivity index (χ3v) is 7.84. The fraction of sp³-hybridized carbons (Fsp3) is 0.536. The van der Waals surface area contributed by atoms with E-state index in [4.69, 9.17) is 0 Å². The Bertz CT molecular complexity index is 1010. The Kier molecular flexibility index (Phi) is 8.11. The average Bonchev–Trinajstić information content (AvgIpc) is 2.79. The minimum Gasteiger partial charge on any atom is -0.373 e. The Morgan fingerprint density at radius 2 is 1.97 bits per heavy atom. The minimum atomic E-state index is -0.131. The van der Waals surface area contributed by atoms with Gasteiger partial charge in [-0.15, -0.1) is 9.24 Å². The molecule has 1 spiro atoms. The second kappa shape index (κ2) is 10.5. The van der Waals surface area contributed by atoms with Crippen LogP contribution in [0.15, 0.2) is 71.2 Å². The molecule has 33 heavy (non-hydrogen) atoms. The number of hydrogen-bond donors (Lipinski definition) is 1. The summed E-state index contributed by atoms with van der Waals surface area (Å²) in [5.41, 5.74) is 4.71. The normalized spacial score (nSPS) is 25.5. The molecule has 1 aromatic rings. The van der Waals surface area contributed by atoms with E-state index in [0.29, 0.717) is 17.8 Å². The first kappa shape index (κ1) is 25.6. The van der Waals surface area contributed by atoms with Crippen molar-refractivity contribution in [1.29, 1.82) is 0 Å². The molecule has 1 fully saturated rings. The van der Waals surface area contributed by atoms with Gasteiger partial charge in [-0.25, -0.2) is 0 Å². The summed E-state index contributed by atoms with van der Waals surface area (Å²) in [6, 6.07) is 3.53. The number of pyridine rings is 1. The van der Waals surface area contributed by atoms with Crippen molar-refractivity contribution < 1.29 is 0 Å². The fourth-order valence-corrected chi connectivity index (χ4v) is 5.36. The Labute approximate surface area is 202 Å². The van der Waals surface area contributed by atoms with Crippen LogP contribution in [-0.2, 0) is 6.54 Å². The number of aromatic nitrogens is 1. The molecule has 1 aliphatic heterocycles. The molecule has 0 bridgehead atoms. The maximum absolute atomic E-state index is 12.3. The van der Waals surface area contributed by atoms with Crippen LogP contribution in [0.4, 0.5) is 0 Å². The molecular formula is C28H42N3OP. The van der Waals surface area contributed by atoms with Gasteiger partial charge >= 0.3 is 0 Å². The molecule has 180 valence electrons. The van der Waals surface area contributed by atoms with Crippen LogP contribution in [0.5, 0.6) is 0 Å². The highest BCUT2D eigenvalue weighted by atomic mass is 31.0. The number of nitrogens with zero attached hydrogens (tertiary/aromatic N) is 2. The van der Waals surface area contributed by atoms with E-state index >= 15 is 0 Å². The molecule has 2 heterocycles. The van der Waals surface area contributed by atoms with Gasteiger partial charge in [-0.2, -0.15) is 0 Å². The molecule has 5 heteroatoms. The zero-order chi connectivity index (χ0) is 24.3. The van der Waals surface area contributed by atoms with Gasteiger partial charge in [0, 0.05) is 35.9 Å². The quantitative estimate of drug-likeness (QED) is 0.523. The summed E-state index contributed by atoms with van der Waals surface area (Å²) in [6.07, 6.45) is 11.7. The second-order valence-electron chi connectivity index (χ2n) is 10.2. The van der Waals surface area contributed by atoms with E-state index in [0.717, 1.165) is 55.3 Å². The minimum absolute atomic E-state index is 0.0848. The van der Waals surface area contributed by atoms with Gasteiger partial charge in [-0.1, -0.05) is 53.3 Å². The van der Waals surface area contributed by atoms with Crippen molar-refractivity contribution in [3.8, 4) is 0 Å². The zero-order valence-electron chi connectivity index (χ0n) is 21.2. The second-order valence-corrected chi connectivity index (χ2v) is 10.9. The van der Waals surface area contributed by atoms with Gasteiger partial charge in [0.1, 0.15) is 0 Å². The molecule has 0 aromatic carbocycles. The lowest BCUT2D eigenvalue weighted by Gasteiger charge is -2.52. The van der Waals surface area contributed by atoms with Crippen molar-refractivity contribution in [2.75, 3.05) is 0 Å². The third-order valence-electron chi connectivity index (χ3n) is 7.49. The average molecular weight is 468 g/mol. The van der Waals surface area contributed by atoms with E-state index in [1.54, 1.807) is 6.07 Å². The summed E-state index contributed by atoms with van der Waals surface area (Å²) in [5, 5.41) is 4.96. The predicted molar refractivity (Wildman–Crippen MR) is 144 cm³/mol. The molecule has 2 aliphatic rings. The standard InChI is InChI=1S/C28H42N3OP/c1-8-20(5)16-26-28(29-25(9-2)22(7)31(26)21(6)19(3)4)14-12-23(13-15-28)17-30-18-24(33)10-11-27(30)32/h9-11,16,18-20,23,29H,2,6,8,12-15,17,33H2,1,3-5,7H3/b26-16-. The molecule has 1 N–H and O–H groups in total. The summed E-state index contributed by atoms with van der Waals surface area (Å²) >= 11 is 0. The predicted octanol–water partition coefficient (Wildman–Crippen LogP) is 5.70. The Morgan fingerprint density at radius 3 is 2.55 bits per heavy atom. The van der Waals surface area contributed by atoms with Gasteiger partial charge in [-0.05, 0) is 67.8 Å². The van der Waals surface area contributed by atoms with E-state index in [-0.39, 0.29) is 11.1 Å². The number of allylic oxidation sites excluding steroid dienone is 4. The van der Waals surface area contributed by atoms with E-state index in [1.165, 1.54) is 11.4 Å². The van der Waals surface area contributed by atoms with Gasteiger partial charge in [0.05, 0.1) is 11.2 Å². The van der Waals surface area contributed by atoms with E-state index in [9.17, 15) is 4.79 Å². The van der Waals surface area contributed by atoms with Crippen molar-refractivity contribution in [3.63, 3.8) is 0 Å². The molecule has 0 radical (unpaired) electrons. The highest BCUT2D eigenvalue weighted by Crippen LogP contribution is 2.46. The van der Waals surface area contributed by atoms with Gasteiger partial charge < -0.3 is 14.8 Å². The highest BCUT2D eigenvalue weighted by molar-refractivity contribution is 7.27. The molecule has 1 saturated carbocycles. The SMILES string of the molecule is C=CC1=C(C)N(C(=C)C(C)C)/C(=C\C(C)CC)C2(CCC(Cn3cc(P)ccc3=O)CC2)N1. The lowest BCUT2D eigenvalue weighted by atomic mass is 9.72. The summed E-state index contributed by atoms with van der Waals surface area (Å²) < 4.78 is 1.88. The van der Waals surface area contributed by atoms with Crippen LogP contribution in [0.3, 0.4) is 0 Å². The molecule has 4 nitrogen and oxygen atoms in total. The first-order chi connectivity index (χ1) is 15.6. The highest BCUT2D eigenvalue weighted by Gasteiger charge is 2.45. The van der Waals surface area contributed by atoms with Crippen molar-refractivity contribution >= 4 is 14.5 Å². The maximum Gasteiger partial charge on any atom is 0.250 e. The fourth-order valence-electron chi connectivity index (χ4n) is 5.08. The van der Waals surface area contributed by atoms with Crippen LogP contribution in [0.1, 0.15) is 66.7 Å². The Balaban J connectivity index is 1.95. The van der Waals surface area contributed by atoms with Crippen LogP contribution in [0, 0.1) is 17.8 Å². The summed E-state index contributed by atoms with van der Waals surface area (Å²) in [6.45, 7) is 20.5. The zero-order valence-corrected chi connectivity index (χ0v) is 22.3. The molecule has 0 saturated heterocycles. The monoisotopic (exact) mass is 467 g/mol. The van der Waals surface area contributed by atoms with Crippen molar-refractivity contribution in [2.45, 2.75) is 78.8 Å². The van der Waals surface area contributed by atoms with E-state index in [1.807, 2.05) is 22.9 Å². The van der Waals surface area contributed by atoms with Crippen LogP contribution >= 0.6 is 9.24 Å². The Hall–Kier alpha value is -2.06. The topological polar surface area (TPSA) is 37.3 Å². The third kappa shape index (κ3) is 5.38. The van der Waals surface area contributed by atoms with Crippen molar-refractivity contribution in [3.05, 3.63) is 76.8 Å². The molecule has 2 unspecified atom stereocenters. The molecule has 0 amide bonds. The van der Waals surface area contributed by atoms with Gasteiger partial charge in [0.2, 0.25) is 0 Å². The van der Waals surface area contributed by atoms with E-state index < -0.39 is 0 Å². The molecule has 2 atom stereocenters. The largest absolute Gasteiger partial charge is 0.373 e. The first-order valence-corrected chi connectivity index (χ1v) is 13.0. The van der Waals surface area contributed by atoms with Crippen molar-refractivity contribution in [2.24, 2.45) is 17.8 Å². The van der Waals surface area contributed by atoms with Crippen LogP contribution in [0.2, 0.25) is 0 Å². The lowest BCUT2D eigenvalue weighted by Crippen LogP contribution is -2.56. The smallest absolute Gasteiger partial charge is 0.250 e. The summed E-state index contributed by atoms with van der Waals surface area (Å²) in [7, 11) is 2.69. The number of hydrogen-bond acceptors (Lipinski definition) is 3. The Morgan fingerprint density at radius 1 is 1.30 bits per heavy atom. The van der Waals surface area contributed by atoms with Crippen LogP contribution in [0.25, 0.3) is 0 Å². The number of rotatable bonds is 7. The molecule has 3 rings (SSSR count). The van der Waals surface area contributed by atoms with Crippen LogP contribution in [-0.4, -0.2) is 15.0 Å².